The summed E-state index contributed by atoms with van der Waals surface area (Å²) in [4.78, 5) is 8.46. The van der Waals surface area contributed by atoms with E-state index in [4.69, 9.17) is 0 Å². The van der Waals surface area contributed by atoms with E-state index in [0.717, 1.165) is 18.1 Å². The Kier molecular flexibility index (Phi) is 4.28. The molecule has 0 aliphatic carbocycles. The maximum absolute atomic E-state index is 4.55. The Hall–Kier alpha value is -0.750. The Morgan fingerprint density at radius 2 is 2.47 bits per heavy atom. The number of likely N-dealkylation sites (tertiary alicyclic amines) is 1. The fourth-order valence-electron chi connectivity index (χ4n) is 2.56. The Balaban J connectivity index is 1.64. The number of hydrogen-bond acceptors (Lipinski definition) is 5. The molecule has 102 valence electrons. The Bertz CT molecular complexity index is 507. The first-order valence-electron chi connectivity index (χ1n) is 6.72. The number of nitrogens with one attached hydrogen (secondary N) is 1. The van der Waals surface area contributed by atoms with Crippen LogP contribution in [0.15, 0.2) is 23.0 Å². The fraction of sp³-hybridized carbons (Fsp3) is 0.500. The van der Waals surface area contributed by atoms with Gasteiger partial charge < -0.3 is 5.32 Å². The molecule has 1 fully saturated rings. The van der Waals surface area contributed by atoms with Gasteiger partial charge in [0, 0.05) is 41.1 Å². The molecule has 1 N–H and O–H groups in total. The van der Waals surface area contributed by atoms with Gasteiger partial charge in [-0.05, 0) is 37.9 Å². The summed E-state index contributed by atoms with van der Waals surface area (Å²) in [7, 11) is 2.07. The van der Waals surface area contributed by atoms with Crippen molar-refractivity contribution in [3.05, 3.63) is 27.9 Å². The molecule has 1 aliphatic rings. The van der Waals surface area contributed by atoms with E-state index in [0.29, 0.717) is 6.04 Å². The van der Waals surface area contributed by atoms with Crippen LogP contribution in [0.2, 0.25) is 0 Å². The SMILES string of the molecule is CNC1CCCN(Cc2cnc(-c3ccsc3)s2)C1. The van der Waals surface area contributed by atoms with Crippen LogP contribution in [0.4, 0.5) is 0 Å². The third-order valence-electron chi connectivity index (χ3n) is 3.61. The quantitative estimate of drug-likeness (QED) is 0.939. The molecular formula is C14H19N3S2. The van der Waals surface area contributed by atoms with Crippen LogP contribution in [-0.4, -0.2) is 36.1 Å². The minimum atomic E-state index is 0.651. The molecule has 3 nitrogen and oxygen atoms in total. The highest BCUT2D eigenvalue weighted by atomic mass is 32.1. The molecule has 2 aromatic rings. The van der Waals surface area contributed by atoms with Gasteiger partial charge >= 0.3 is 0 Å². The van der Waals surface area contributed by atoms with Gasteiger partial charge in [-0.2, -0.15) is 11.3 Å². The van der Waals surface area contributed by atoms with Crippen LogP contribution in [0, 0.1) is 0 Å². The minimum absolute atomic E-state index is 0.651. The number of nitrogens with zero attached hydrogens (tertiary/aromatic N) is 2. The zero-order valence-electron chi connectivity index (χ0n) is 11.1. The summed E-state index contributed by atoms with van der Waals surface area (Å²) in [5, 5.41) is 8.82. The maximum atomic E-state index is 4.55. The van der Waals surface area contributed by atoms with E-state index in [1.807, 2.05) is 17.5 Å². The Morgan fingerprint density at radius 1 is 1.53 bits per heavy atom. The van der Waals surface area contributed by atoms with Crippen molar-refractivity contribution in [1.82, 2.24) is 15.2 Å². The second-order valence-electron chi connectivity index (χ2n) is 5.01. The molecule has 19 heavy (non-hydrogen) atoms. The van der Waals surface area contributed by atoms with Crippen molar-refractivity contribution in [2.24, 2.45) is 0 Å². The number of hydrogen-bond donors (Lipinski definition) is 1. The van der Waals surface area contributed by atoms with Crippen LogP contribution in [0.25, 0.3) is 10.6 Å². The van der Waals surface area contributed by atoms with Gasteiger partial charge in [0.2, 0.25) is 0 Å². The molecular weight excluding hydrogens is 274 g/mol. The van der Waals surface area contributed by atoms with Crippen LogP contribution in [0.5, 0.6) is 0 Å². The first-order valence-corrected chi connectivity index (χ1v) is 8.48. The van der Waals surface area contributed by atoms with Gasteiger partial charge in [-0.15, -0.1) is 11.3 Å². The van der Waals surface area contributed by atoms with Crippen molar-refractivity contribution < 1.29 is 0 Å². The number of rotatable bonds is 4. The van der Waals surface area contributed by atoms with Crippen LogP contribution in [0.3, 0.4) is 0 Å². The van der Waals surface area contributed by atoms with E-state index in [1.54, 1.807) is 11.3 Å². The molecule has 5 heteroatoms. The third-order valence-corrected chi connectivity index (χ3v) is 5.33. The van der Waals surface area contributed by atoms with Crippen molar-refractivity contribution in [2.75, 3.05) is 20.1 Å². The average Bonchev–Trinajstić information content (AvgIpc) is 3.09. The third kappa shape index (κ3) is 3.23. The highest BCUT2D eigenvalue weighted by Gasteiger charge is 2.19. The molecule has 0 amide bonds. The normalized spacial score (nSPS) is 20.8. The predicted octanol–water partition coefficient (Wildman–Crippen LogP) is 3.06. The first kappa shape index (κ1) is 13.2. The molecule has 3 rings (SSSR count). The zero-order valence-corrected chi connectivity index (χ0v) is 12.8. The summed E-state index contributed by atoms with van der Waals surface area (Å²) >= 11 is 3.56. The summed E-state index contributed by atoms with van der Waals surface area (Å²) in [5.74, 6) is 0. The lowest BCUT2D eigenvalue weighted by atomic mass is 10.1. The second-order valence-corrected chi connectivity index (χ2v) is 6.90. The minimum Gasteiger partial charge on any atom is -0.316 e. The predicted molar refractivity (Wildman–Crippen MR) is 82.8 cm³/mol. The van der Waals surface area contributed by atoms with Crippen LogP contribution in [0.1, 0.15) is 17.7 Å². The number of likely N-dealkylation sites (N-methyl/N-ethyl adjacent to an activating group) is 1. The van der Waals surface area contributed by atoms with Crippen molar-refractivity contribution in [2.45, 2.75) is 25.4 Å². The highest BCUT2D eigenvalue weighted by molar-refractivity contribution is 7.15. The highest BCUT2D eigenvalue weighted by Crippen LogP contribution is 2.28. The number of thiophene rings is 1. The van der Waals surface area contributed by atoms with E-state index in [-0.39, 0.29) is 0 Å². The van der Waals surface area contributed by atoms with Gasteiger partial charge in [0.15, 0.2) is 0 Å². The van der Waals surface area contributed by atoms with Crippen LogP contribution < -0.4 is 5.32 Å². The van der Waals surface area contributed by atoms with Gasteiger partial charge in [-0.3, -0.25) is 4.90 Å². The van der Waals surface area contributed by atoms with E-state index in [1.165, 1.54) is 29.8 Å². The summed E-state index contributed by atoms with van der Waals surface area (Å²) in [6.45, 7) is 3.41. The molecule has 2 aromatic heterocycles. The standard InChI is InChI=1S/C14H19N3S2/c1-15-12-3-2-5-17(8-12)9-13-7-16-14(19-13)11-4-6-18-10-11/h4,6-7,10,12,15H,2-3,5,8-9H2,1H3. The summed E-state index contributed by atoms with van der Waals surface area (Å²) in [6, 6.07) is 2.79. The van der Waals surface area contributed by atoms with E-state index >= 15 is 0 Å². The Labute approximate surface area is 122 Å². The molecule has 0 spiro atoms. The van der Waals surface area contributed by atoms with Crippen LogP contribution >= 0.6 is 22.7 Å². The summed E-state index contributed by atoms with van der Waals surface area (Å²) < 4.78 is 0. The number of aromatic nitrogens is 1. The molecule has 1 saturated heterocycles. The number of piperidine rings is 1. The second kappa shape index (κ2) is 6.13. The smallest absolute Gasteiger partial charge is 0.124 e. The lowest BCUT2D eigenvalue weighted by Crippen LogP contribution is -2.43. The van der Waals surface area contributed by atoms with Gasteiger partial charge in [0.25, 0.3) is 0 Å². The molecule has 0 aromatic carbocycles. The first-order chi connectivity index (χ1) is 9.35. The molecule has 0 radical (unpaired) electrons. The molecule has 0 bridgehead atoms. The van der Waals surface area contributed by atoms with Gasteiger partial charge in [-0.1, -0.05) is 0 Å². The van der Waals surface area contributed by atoms with Crippen molar-refractivity contribution >= 4 is 22.7 Å². The van der Waals surface area contributed by atoms with Gasteiger partial charge in [0.05, 0.1) is 0 Å². The van der Waals surface area contributed by atoms with Crippen molar-refractivity contribution in [3.8, 4) is 10.6 Å². The van der Waals surface area contributed by atoms with Crippen molar-refractivity contribution in [1.29, 1.82) is 0 Å². The molecule has 1 unspecified atom stereocenters. The lowest BCUT2D eigenvalue weighted by Gasteiger charge is -2.32. The topological polar surface area (TPSA) is 28.2 Å². The molecule has 0 saturated carbocycles. The summed E-state index contributed by atoms with van der Waals surface area (Å²) in [6.07, 6.45) is 4.64. The molecule has 3 heterocycles. The van der Waals surface area contributed by atoms with E-state index in [2.05, 4.69) is 39.1 Å². The van der Waals surface area contributed by atoms with Gasteiger partial charge in [0.1, 0.15) is 5.01 Å². The molecule has 1 atom stereocenters. The monoisotopic (exact) mass is 293 g/mol. The number of thiazole rings is 1. The average molecular weight is 293 g/mol. The maximum Gasteiger partial charge on any atom is 0.124 e. The van der Waals surface area contributed by atoms with E-state index in [9.17, 15) is 0 Å². The molecule has 1 aliphatic heterocycles. The van der Waals surface area contributed by atoms with Crippen LogP contribution in [-0.2, 0) is 6.54 Å². The van der Waals surface area contributed by atoms with Gasteiger partial charge in [-0.25, -0.2) is 4.98 Å². The summed E-state index contributed by atoms with van der Waals surface area (Å²) in [5.41, 5.74) is 1.26. The fourth-order valence-corrected chi connectivity index (χ4v) is 4.22. The lowest BCUT2D eigenvalue weighted by molar-refractivity contribution is 0.189. The Morgan fingerprint density at radius 3 is 3.26 bits per heavy atom. The van der Waals surface area contributed by atoms with Crippen molar-refractivity contribution in [3.63, 3.8) is 0 Å². The van der Waals surface area contributed by atoms with E-state index < -0.39 is 0 Å². The zero-order chi connectivity index (χ0) is 13.1. The largest absolute Gasteiger partial charge is 0.316 e.